The number of esters is 1. The molecule has 1 aromatic carbocycles. The van der Waals surface area contributed by atoms with Gasteiger partial charge in [-0.3, -0.25) is 0 Å². The predicted molar refractivity (Wildman–Crippen MR) is 78.7 cm³/mol. The van der Waals surface area contributed by atoms with Gasteiger partial charge in [-0.15, -0.1) is 0 Å². The van der Waals surface area contributed by atoms with E-state index in [4.69, 9.17) is 17.3 Å². The summed E-state index contributed by atoms with van der Waals surface area (Å²) in [5.74, 6) is -0.688. The number of ether oxygens (including phenoxy) is 1. The van der Waals surface area contributed by atoms with Crippen molar-refractivity contribution in [2.75, 3.05) is 18.2 Å². The lowest BCUT2D eigenvalue weighted by Gasteiger charge is -2.10. The molecular weight excluding hydrogens is 297 g/mol. The topological polar surface area (TPSA) is 77.2 Å². The number of nitrogens with two attached hydrogens (primary N) is 1. The van der Waals surface area contributed by atoms with Crippen LogP contribution in [0.15, 0.2) is 30.3 Å². The van der Waals surface area contributed by atoms with Crippen LogP contribution in [0.5, 0.6) is 0 Å². The number of rotatable bonds is 4. The number of anilines is 2. The molecule has 0 fully saturated rings. The van der Waals surface area contributed by atoms with Crippen LogP contribution in [0.4, 0.5) is 15.9 Å². The fourth-order valence-corrected chi connectivity index (χ4v) is 1.87. The van der Waals surface area contributed by atoms with E-state index < -0.39 is 11.8 Å². The van der Waals surface area contributed by atoms with Gasteiger partial charge < -0.3 is 15.8 Å². The SMILES string of the molecule is COC(=O)c1ccc(N)c(NCc2ccc(F)c(Cl)c2)n1. The summed E-state index contributed by atoms with van der Waals surface area (Å²) in [6, 6.07) is 7.40. The Kier molecular flexibility index (Phi) is 4.59. The van der Waals surface area contributed by atoms with E-state index in [1.54, 1.807) is 12.1 Å². The lowest BCUT2D eigenvalue weighted by atomic mass is 10.2. The van der Waals surface area contributed by atoms with Gasteiger partial charge >= 0.3 is 5.97 Å². The first-order valence-corrected chi connectivity index (χ1v) is 6.41. The van der Waals surface area contributed by atoms with Gasteiger partial charge in [0, 0.05) is 6.54 Å². The van der Waals surface area contributed by atoms with Crippen molar-refractivity contribution < 1.29 is 13.9 Å². The lowest BCUT2D eigenvalue weighted by molar-refractivity contribution is 0.0594. The lowest BCUT2D eigenvalue weighted by Crippen LogP contribution is -2.10. The highest BCUT2D eigenvalue weighted by Gasteiger charge is 2.10. The monoisotopic (exact) mass is 309 g/mol. The summed E-state index contributed by atoms with van der Waals surface area (Å²) in [5.41, 5.74) is 7.07. The minimum atomic E-state index is -0.553. The van der Waals surface area contributed by atoms with Crippen molar-refractivity contribution in [3.05, 3.63) is 52.4 Å². The molecule has 0 bridgehead atoms. The number of nitrogens with one attached hydrogen (secondary N) is 1. The van der Waals surface area contributed by atoms with E-state index in [0.717, 1.165) is 5.56 Å². The van der Waals surface area contributed by atoms with Crippen molar-refractivity contribution >= 4 is 29.1 Å². The van der Waals surface area contributed by atoms with Crippen LogP contribution < -0.4 is 11.1 Å². The average Bonchev–Trinajstić information content (AvgIpc) is 2.49. The summed E-state index contributed by atoms with van der Waals surface area (Å²) in [4.78, 5) is 15.5. The summed E-state index contributed by atoms with van der Waals surface area (Å²) >= 11 is 5.71. The van der Waals surface area contributed by atoms with Gasteiger partial charge in [0.2, 0.25) is 0 Å². The Balaban J connectivity index is 2.15. The van der Waals surface area contributed by atoms with Gasteiger partial charge in [-0.25, -0.2) is 14.2 Å². The number of carbonyl (C=O) groups excluding carboxylic acids is 1. The number of carbonyl (C=O) groups is 1. The van der Waals surface area contributed by atoms with E-state index in [2.05, 4.69) is 15.0 Å². The fourth-order valence-electron chi connectivity index (χ4n) is 1.67. The molecule has 1 aromatic heterocycles. The van der Waals surface area contributed by atoms with E-state index in [9.17, 15) is 9.18 Å². The molecule has 3 N–H and O–H groups in total. The molecular formula is C14H13ClFN3O2. The highest BCUT2D eigenvalue weighted by atomic mass is 35.5. The maximum atomic E-state index is 13.1. The molecule has 0 saturated carbocycles. The van der Waals surface area contributed by atoms with Crippen molar-refractivity contribution in [3.63, 3.8) is 0 Å². The number of hydrogen-bond acceptors (Lipinski definition) is 5. The number of aromatic nitrogens is 1. The van der Waals surface area contributed by atoms with Crippen molar-refractivity contribution in [1.29, 1.82) is 0 Å². The second-order valence-corrected chi connectivity index (χ2v) is 4.64. The third-order valence-corrected chi connectivity index (χ3v) is 3.05. The molecule has 21 heavy (non-hydrogen) atoms. The van der Waals surface area contributed by atoms with Crippen molar-refractivity contribution in [2.45, 2.75) is 6.54 Å². The van der Waals surface area contributed by atoms with Gasteiger partial charge in [-0.2, -0.15) is 0 Å². The Morgan fingerprint density at radius 2 is 2.19 bits per heavy atom. The number of hydrogen-bond donors (Lipinski definition) is 2. The Hall–Kier alpha value is -2.34. The highest BCUT2D eigenvalue weighted by molar-refractivity contribution is 6.30. The van der Waals surface area contributed by atoms with Crippen molar-refractivity contribution in [2.24, 2.45) is 0 Å². The zero-order valence-corrected chi connectivity index (χ0v) is 11.9. The molecule has 0 unspecified atom stereocenters. The van der Waals surface area contributed by atoms with Gasteiger partial charge in [-0.1, -0.05) is 17.7 Å². The summed E-state index contributed by atoms with van der Waals surface area (Å²) < 4.78 is 17.7. The van der Waals surface area contributed by atoms with E-state index in [-0.39, 0.29) is 10.7 Å². The molecule has 2 aromatic rings. The quantitative estimate of drug-likeness (QED) is 0.849. The normalized spacial score (nSPS) is 10.2. The van der Waals surface area contributed by atoms with Crippen LogP contribution >= 0.6 is 11.6 Å². The number of nitrogens with zero attached hydrogens (tertiary/aromatic N) is 1. The number of halogens is 2. The largest absolute Gasteiger partial charge is 0.464 e. The second kappa shape index (κ2) is 6.41. The zero-order valence-electron chi connectivity index (χ0n) is 11.2. The van der Waals surface area contributed by atoms with Gasteiger partial charge in [0.15, 0.2) is 5.69 Å². The first-order valence-electron chi connectivity index (χ1n) is 6.04. The standard InChI is InChI=1S/C14H13ClFN3O2/c1-21-14(20)12-5-4-11(17)13(19-12)18-7-8-2-3-10(16)9(15)6-8/h2-6H,7,17H2,1H3,(H,18,19). The Bertz CT molecular complexity index is 679. The van der Waals surface area contributed by atoms with Gasteiger partial charge in [0.25, 0.3) is 0 Å². The summed E-state index contributed by atoms with van der Waals surface area (Å²) in [7, 11) is 1.27. The zero-order chi connectivity index (χ0) is 15.4. The molecule has 110 valence electrons. The molecule has 0 saturated heterocycles. The number of pyridine rings is 1. The molecule has 0 aliphatic carbocycles. The molecule has 1 heterocycles. The van der Waals surface area contributed by atoms with Gasteiger partial charge in [-0.05, 0) is 29.8 Å². The summed E-state index contributed by atoms with van der Waals surface area (Å²) in [6.07, 6.45) is 0. The number of nitrogen functional groups attached to an aromatic ring is 1. The first kappa shape index (κ1) is 15.1. The Morgan fingerprint density at radius 3 is 2.86 bits per heavy atom. The Morgan fingerprint density at radius 1 is 1.43 bits per heavy atom. The van der Waals surface area contributed by atoms with Crippen molar-refractivity contribution in [1.82, 2.24) is 4.98 Å². The minimum Gasteiger partial charge on any atom is -0.464 e. The van der Waals surface area contributed by atoms with Crippen molar-refractivity contribution in [3.8, 4) is 0 Å². The fraction of sp³-hybridized carbons (Fsp3) is 0.143. The van der Waals surface area contributed by atoms with Crippen LogP contribution in [0.25, 0.3) is 0 Å². The average molecular weight is 310 g/mol. The molecule has 2 rings (SSSR count). The van der Waals surface area contributed by atoms with Crippen LogP contribution in [0.3, 0.4) is 0 Å². The predicted octanol–water partition coefficient (Wildman–Crippen LogP) is 2.86. The van der Waals surface area contributed by atoms with E-state index >= 15 is 0 Å². The molecule has 0 atom stereocenters. The molecule has 0 aliphatic heterocycles. The summed E-state index contributed by atoms with van der Waals surface area (Å²) in [6.45, 7) is 0.335. The minimum absolute atomic E-state index is 0.0403. The molecule has 7 heteroatoms. The molecule has 0 radical (unpaired) electrons. The van der Waals surface area contributed by atoms with E-state index in [1.165, 1.54) is 25.3 Å². The van der Waals surface area contributed by atoms with Crippen LogP contribution in [-0.4, -0.2) is 18.1 Å². The number of benzene rings is 1. The van der Waals surface area contributed by atoms with Gasteiger partial charge in [0.1, 0.15) is 11.6 Å². The van der Waals surface area contributed by atoms with Crippen LogP contribution in [0.2, 0.25) is 5.02 Å². The summed E-state index contributed by atoms with van der Waals surface area (Å²) in [5, 5.41) is 3.01. The van der Waals surface area contributed by atoms with Crippen LogP contribution in [0.1, 0.15) is 16.1 Å². The molecule has 0 spiro atoms. The van der Waals surface area contributed by atoms with Crippen LogP contribution in [0, 0.1) is 5.82 Å². The molecule has 0 aliphatic rings. The maximum Gasteiger partial charge on any atom is 0.356 e. The van der Waals surface area contributed by atoms with Crippen LogP contribution in [-0.2, 0) is 11.3 Å². The third-order valence-electron chi connectivity index (χ3n) is 2.76. The second-order valence-electron chi connectivity index (χ2n) is 4.23. The first-order chi connectivity index (χ1) is 10.0. The van der Waals surface area contributed by atoms with E-state index in [1.807, 2.05) is 0 Å². The molecule has 0 amide bonds. The highest BCUT2D eigenvalue weighted by Crippen LogP contribution is 2.19. The van der Waals surface area contributed by atoms with Gasteiger partial charge in [0.05, 0.1) is 17.8 Å². The maximum absolute atomic E-state index is 13.1. The van der Waals surface area contributed by atoms with E-state index in [0.29, 0.717) is 18.1 Å². The number of methoxy groups -OCH3 is 1. The Labute approximate surface area is 125 Å². The third kappa shape index (κ3) is 3.61. The smallest absolute Gasteiger partial charge is 0.356 e. The molecule has 5 nitrogen and oxygen atoms in total.